The van der Waals surface area contributed by atoms with Crippen molar-refractivity contribution in [3.8, 4) is 0 Å². The summed E-state index contributed by atoms with van der Waals surface area (Å²) >= 11 is -0.0992. The zero-order chi connectivity index (χ0) is 10.1. The second-order valence-electron chi connectivity index (χ2n) is 2.71. The van der Waals surface area contributed by atoms with Gasteiger partial charge in [-0.05, 0) is 0 Å². The van der Waals surface area contributed by atoms with Crippen molar-refractivity contribution in [1.82, 2.24) is 0 Å². The van der Waals surface area contributed by atoms with Gasteiger partial charge < -0.3 is 0 Å². The van der Waals surface area contributed by atoms with Crippen LogP contribution in [0.4, 0.5) is 0 Å². The Balaban J connectivity index is 3.67. The molecule has 0 spiro atoms. The first-order chi connectivity index (χ1) is 6.20. The Morgan fingerprint density at radius 1 is 1.46 bits per heavy atom. The van der Waals surface area contributed by atoms with Crippen molar-refractivity contribution in [2.24, 2.45) is 0 Å². The van der Waals surface area contributed by atoms with Gasteiger partial charge in [-0.2, -0.15) is 0 Å². The minimum atomic E-state index is -0.179. The van der Waals surface area contributed by atoms with Gasteiger partial charge in [0.2, 0.25) is 0 Å². The van der Waals surface area contributed by atoms with E-state index in [9.17, 15) is 4.79 Å². The van der Waals surface area contributed by atoms with E-state index in [0.717, 1.165) is 0 Å². The molecule has 0 aliphatic heterocycles. The molecule has 0 unspecified atom stereocenters. The van der Waals surface area contributed by atoms with Crippen molar-refractivity contribution in [3.05, 3.63) is 9.70 Å². The molecule has 0 aromatic heterocycles. The normalized spacial score (nSPS) is 11.5. The van der Waals surface area contributed by atoms with Crippen molar-refractivity contribution < 1.29 is 9.53 Å². The summed E-state index contributed by atoms with van der Waals surface area (Å²) in [5, 5.41) is 0. The maximum absolute atomic E-state index is 11.0. The Hall–Kier alpha value is -0.000390. The Labute approximate surface area is 90.8 Å². The van der Waals surface area contributed by atoms with Crippen LogP contribution in [0.15, 0.2) is 9.70 Å². The number of carbonyl (C=O) groups is 1. The summed E-state index contributed by atoms with van der Waals surface area (Å²) in [4.78, 5) is 11.0. The molecule has 0 bridgehead atoms. The van der Waals surface area contributed by atoms with Crippen molar-refractivity contribution in [2.45, 2.75) is 38.1 Å². The number of allylic oxidation sites excluding steroid dienone is 1. The SMILES string of the molecule is CCCC[Te]/C(C)=C\C(=O)OCC. The van der Waals surface area contributed by atoms with Gasteiger partial charge in [-0.1, -0.05) is 0 Å². The summed E-state index contributed by atoms with van der Waals surface area (Å²) in [7, 11) is 0. The Kier molecular flexibility index (Phi) is 8.59. The topological polar surface area (TPSA) is 26.3 Å². The molecule has 0 fully saturated rings. The van der Waals surface area contributed by atoms with E-state index in [4.69, 9.17) is 4.74 Å². The summed E-state index contributed by atoms with van der Waals surface area (Å²) in [6.07, 6.45) is 4.19. The molecule has 0 N–H and O–H groups in total. The van der Waals surface area contributed by atoms with Gasteiger partial charge in [-0.25, -0.2) is 0 Å². The second-order valence-corrected chi connectivity index (χ2v) is 6.54. The third-order valence-corrected chi connectivity index (χ3v) is 4.48. The number of esters is 1. The van der Waals surface area contributed by atoms with Gasteiger partial charge in [-0.15, -0.1) is 0 Å². The van der Waals surface area contributed by atoms with Crippen LogP contribution in [0.25, 0.3) is 0 Å². The van der Waals surface area contributed by atoms with Gasteiger partial charge in [0.1, 0.15) is 0 Å². The molecule has 13 heavy (non-hydrogen) atoms. The molecule has 0 aromatic rings. The molecule has 0 aliphatic carbocycles. The van der Waals surface area contributed by atoms with Crippen LogP contribution in [0.5, 0.6) is 0 Å². The number of hydrogen-bond donors (Lipinski definition) is 0. The van der Waals surface area contributed by atoms with Crippen LogP contribution < -0.4 is 0 Å². The van der Waals surface area contributed by atoms with Gasteiger partial charge in [0.05, 0.1) is 0 Å². The fraction of sp³-hybridized carbons (Fsp3) is 0.700. The van der Waals surface area contributed by atoms with E-state index in [1.807, 2.05) is 13.8 Å². The fourth-order valence-electron chi connectivity index (χ4n) is 0.769. The van der Waals surface area contributed by atoms with Crippen LogP contribution >= 0.6 is 0 Å². The van der Waals surface area contributed by atoms with E-state index in [2.05, 4.69) is 6.92 Å². The Morgan fingerprint density at radius 3 is 2.69 bits per heavy atom. The van der Waals surface area contributed by atoms with Crippen LogP contribution in [0.2, 0.25) is 4.47 Å². The maximum atomic E-state index is 11.0. The predicted molar refractivity (Wildman–Crippen MR) is 55.9 cm³/mol. The number of unbranched alkanes of at least 4 members (excludes halogenated alkanes) is 1. The molecule has 2 nitrogen and oxygen atoms in total. The van der Waals surface area contributed by atoms with E-state index in [1.54, 1.807) is 6.08 Å². The third kappa shape index (κ3) is 8.33. The van der Waals surface area contributed by atoms with Gasteiger partial charge in [0.25, 0.3) is 0 Å². The van der Waals surface area contributed by atoms with E-state index in [0.29, 0.717) is 6.61 Å². The quantitative estimate of drug-likeness (QED) is 0.326. The molecule has 0 saturated heterocycles. The molecule has 76 valence electrons. The molecule has 0 radical (unpaired) electrons. The van der Waals surface area contributed by atoms with Crippen LogP contribution in [-0.4, -0.2) is 33.5 Å². The Bertz CT molecular complexity index is 176. The molecule has 0 aromatic carbocycles. The number of rotatable bonds is 6. The first kappa shape index (κ1) is 13.0. The van der Waals surface area contributed by atoms with E-state index in [1.165, 1.54) is 20.9 Å². The molecule has 3 heteroatoms. The van der Waals surface area contributed by atoms with Crippen molar-refractivity contribution in [3.63, 3.8) is 0 Å². The van der Waals surface area contributed by atoms with E-state index >= 15 is 0 Å². The van der Waals surface area contributed by atoms with Crippen LogP contribution in [0, 0.1) is 0 Å². The second kappa shape index (κ2) is 8.59. The summed E-state index contributed by atoms with van der Waals surface area (Å²) in [5.41, 5.74) is 0. The zero-order valence-electron chi connectivity index (χ0n) is 8.63. The number of carbonyl (C=O) groups excluding carboxylic acids is 1. The van der Waals surface area contributed by atoms with Gasteiger partial charge in [0.15, 0.2) is 0 Å². The van der Waals surface area contributed by atoms with E-state index < -0.39 is 0 Å². The third-order valence-electron chi connectivity index (χ3n) is 1.44. The first-order valence-corrected chi connectivity index (χ1v) is 7.49. The number of hydrogen-bond acceptors (Lipinski definition) is 2. The van der Waals surface area contributed by atoms with Crippen molar-refractivity contribution in [2.75, 3.05) is 6.61 Å². The van der Waals surface area contributed by atoms with Gasteiger partial charge >= 0.3 is 90.8 Å². The monoisotopic (exact) mass is 300 g/mol. The van der Waals surface area contributed by atoms with Crippen LogP contribution in [-0.2, 0) is 9.53 Å². The van der Waals surface area contributed by atoms with Crippen molar-refractivity contribution >= 4 is 26.9 Å². The van der Waals surface area contributed by atoms with E-state index in [-0.39, 0.29) is 26.9 Å². The fourth-order valence-corrected chi connectivity index (χ4v) is 3.44. The molecule has 0 heterocycles. The molecule has 0 amide bonds. The predicted octanol–water partition coefficient (Wildman–Crippen LogP) is 2.38. The molecular formula is C10H18O2Te. The van der Waals surface area contributed by atoms with Crippen molar-refractivity contribution in [1.29, 1.82) is 0 Å². The van der Waals surface area contributed by atoms with Gasteiger partial charge in [0, 0.05) is 0 Å². The van der Waals surface area contributed by atoms with Crippen LogP contribution in [0.3, 0.4) is 0 Å². The van der Waals surface area contributed by atoms with Crippen LogP contribution in [0.1, 0.15) is 33.6 Å². The Morgan fingerprint density at radius 2 is 2.15 bits per heavy atom. The molecule has 0 rings (SSSR count). The average Bonchev–Trinajstić information content (AvgIpc) is 2.05. The van der Waals surface area contributed by atoms with Gasteiger partial charge in [-0.3, -0.25) is 0 Å². The molecule has 0 atom stereocenters. The summed E-state index contributed by atoms with van der Waals surface area (Å²) in [5.74, 6) is -0.179. The summed E-state index contributed by atoms with van der Waals surface area (Å²) in [6.45, 7) is 6.53. The number of ether oxygens (including phenoxy) is 1. The molecule has 0 saturated carbocycles. The standard InChI is InChI=1S/C10H18O2Te/c1-4-6-7-13-9(3)8-10(11)12-5-2/h8H,4-7H2,1-3H3/b9-8-. The summed E-state index contributed by atoms with van der Waals surface area (Å²) in [6, 6.07) is 0. The minimum absolute atomic E-state index is 0.0992. The molecule has 0 aliphatic rings. The summed E-state index contributed by atoms with van der Waals surface area (Å²) < 4.78 is 7.37. The molecular weight excluding hydrogens is 280 g/mol. The average molecular weight is 298 g/mol. The first-order valence-electron chi connectivity index (χ1n) is 4.68. The zero-order valence-corrected chi connectivity index (χ0v) is 11.0.